The molecule has 0 bridgehead atoms. The van der Waals surface area contributed by atoms with Crippen LogP contribution in [0.3, 0.4) is 0 Å². The summed E-state index contributed by atoms with van der Waals surface area (Å²) in [5.74, 6) is 0.536. The molecule has 1 saturated heterocycles. The van der Waals surface area contributed by atoms with Crippen molar-refractivity contribution < 1.29 is 5.11 Å². The van der Waals surface area contributed by atoms with Gasteiger partial charge in [-0.05, 0) is 58.0 Å². The minimum atomic E-state index is -0.131. The van der Waals surface area contributed by atoms with Crippen LogP contribution in [0.15, 0.2) is 0 Å². The fourth-order valence-electron chi connectivity index (χ4n) is 4.16. The summed E-state index contributed by atoms with van der Waals surface area (Å²) in [5, 5.41) is 11.0. The summed E-state index contributed by atoms with van der Waals surface area (Å²) in [4.78, 5) is 2.59. The molecule has 19 heavy (non-hydrogen) atoms. The summed E-state index contributed by atoms with van der Waals surface area (Å²) in [5.41, 5.74) is 0.00935. The molecule has 0 aromatic heterocycles. The molecular formula is C17H33NO. The van der Waals surface area contributed by atoms with E-state index in [1.165, 1.54) is 70.9 Å². The van der Waals surface area contributed by atoms with Crippen LogP contribution < -0.4 is 0 Å². The number of rotatable bonds is 4. The summed E-state index contributed by atoms with van der Waals surface area (Å²) < 4.78 is 0. The fraction of sp³-hybridized carbons (Fsp3) is 1.00. The maximum atomic E-state index is 11.0. The van der Waals surface area contributed by atoms with Gasteiger partial charge < -0.3 is 5.11 Å². The molecule has 0 radical (unpaired) electrons. The van der Waals surface area contributed by atoms with Gasteiger partial charge in [-0.15, -0.1) is 0 Å². The zero-order valence-electron chi connectivity index (χ0n) is 13.0. The minimum absolute atomic E-state index is 0.00935. The molecule has 1 saturated carbocycles. The highest BCUT2D eigenvalue weighted by atomic mass is 16.3. The van der Waals surface area contributed by atoms with E-state index in [1.807, 2.05) is 0 Å². The molecule has 1 aliphatic heterocycles. The Hall–Kier alpha value is -0.0800. The highest BCUT2D eigenvalue weighted by molar-refractivity contribution is 4.96. The molecule has 0 amide bonds. The number of hydrogen-bond donors (Lipinski definition) is 1. The third-order valence-electron chi connectivity index (χ3n) is 5.78. The maximum Gasteiger partial charge on any atom is 0.0749 e. The van der Waals surface area contributed by atoms with Crippen molar-refractivity contribution in [1.82, 2.24) is 4.90 Å². The van der Waals surface area contributed by atoms with E-state index in [0.717, 1.165) is 6.42 Å². The van der Waals surface area contributed by atoms with Gasteiger partial charge >= 0.3 is 0 Å². The zero-order valence-corrected chi connectivity index (χ0v) is 13.0. The van der Waals surface area contributed by atoms with Gasteiger partial charge in [-0.1, -0.05) is 39.0 Å². The van der Waals surface area contributed by atoms with Crippen LogP contribution in [-0.2, 0) is 0 Å². The molecule has 1 N–H and O–H groups in total. The van der Waals surface area contributed by atoms with Crippen molar-refractivity contribution in [1.29, 1.82) is 0 Å². The van der Waals surface area contributed by atoms with Crippen molar-refractivity contribution >= 4 is 0 Å². The number of hydrogen-bond acceptors (Lipinski definition) is 2. The molecule has 2 nitrogen and oxygen atoms in total. The second kappa shape index (κ2) is 7.08. The first-order valence-electron chi connectivity index (χ1n) is 8.61. The Morgan fingerprint density at radius 3 is 2.05 bits per heavy atom. The van der Waals surface area contributed by atoms with Gasteiger partial charge in [-0.25, -0.2) is 0 Å². The van der Waals surface area contributed by atoms with Crippen LogP contribution in [0, 0.1) is 5.92 Å². The molecule has 2 unspecified atom stereocenters. The van der Waals surface area contributed by atoms with Gasteiger partial charge in [0.1, 0.15) is 0 Å². The van der Waals surface area contributed by atoms with Crippen LogP contribution in [0.1, 0.15) is 78.1 Å². The van der Waals surface area contributed by atoms with Gasteiger partial charge in [0, 0.05) is 5.54 Å². The zero-order chi connectivity index (χ0) is 13.7. The van der Waals surface area contributed by atoms with Crippen molar-refractivity contribution in [3.8, 4) is 0 Å². The second-order valence-electron chi connectivity index (χ2n) is 6.95. The summed E-state index contributed by atoms with van der Waals surface area (Å²) in [6, 6.07) is 0. The van der Waals surface area contributed by atoms with Crippen LogP contribution in [0.5, 0.6) is 0 Å². The lowest BCUT2D eigenvalue weighted by Gasteiger charge is -2.48. The topological polar surface area (TPSA) is 23.5 Å². The standard InChI is InChI=1S/C17H33NO/c1-3-17(2,18-13-9-6-10-14-18)16(19)15-11-7-4-5-8-12-15/h15-16,19H,3-14H2,1-2H3. The third-order valence-corrected chi connectivity index (χ3v) is 5.78. The lowest BCUT2D eigenvalue weighted by atomic mass is 9.78. The van der Waals surface area contributed by atoms with Gasteiger partial charge in [-0.3, -0.25) is 4.90 Å². The largest absolute Gasteiger partial charge is 0.391 e. The van der Waals surface area contributed by atoms with Crippen molar-refractivity contribution in [2.75, 3.05) is 13.1 Å². The Labute approximate surface area is 119 Å². The van der Waals surface area contributed by atoms with Crippen LogP contribution in [-0.4, -0.2) is 34.7 Å². The SMILES string of the molecule is CCC(C)(C(O)C1CCCCCC1)N1CCCCC1. The van der Waals surface area contributed by atoms with E-state index in [4.69, 9.17) is 0 Å². The number of aliphatic hydroxyl groups excluding tert-OH is 1. The number of aliphatic hydroxyl groups is 1. The molecule has 112 valence electrons. The Balaban J connectivity index is 2.04. The van der Waals surface area contributed by atoms with E-state index in [1.54, 1.807) is 0 Å². The van der Waals surface area contributed by atoms with E-state index < -0.39 is 0 Å². The quantitative estimate of drug-likeness (QED) is 0.779. The van der Waals surface area contributed by atoms with Crippen molar-refractivity contribution in [3.05, 3.63) is 0 Å². The van der Waals surface area contributed by atoms with Crippen molar-refractivity contribution in [2.45, 2.75) is 89.7 Å². The first kappa shape index (κ1) is 15.3. The Morgan fingerprint density at radius 2 is 1.53 bits per heavy atom. The predicted octanol–water partition coefficient (Wildman–Crippen LogP) is 3.97. The third kappa shape index (κ3) is 3.52. The summed E-state index contributed by atoms with van der Waals surface area (Å²) in [7, 11) is 0. The average Bonchev–Trinajstić information content (AvgIpc) is 2.75. The summed E-state index contributed by atoms with van der Waals surface area (Å²) >= 11 is 0. The summed E-state index contributed by atoms with van der Waals surface area (Å²) in [6.07, 6.45) is 12.8. The Bertz CT molecular complexity index is 254. The van der Waals surface area contributed by atoms with E-state index in [9.17, 15) is 5.11 Å². The van der Waals surface area contributed by atoms with E-state index in [0.29, 0.717) is 5.92 Å². The van der Waals surface area contributed by atoms with Crippen molar-refractivity contribution in [2.24, 2.45) is 5.92 Å². The van der Waals surface area contributed by atoms with Crippen LogP contribution >= 0.6 is 0 Å². The number of nitrogens with zero attached hydrogens (tertiary/aromatic N) is 1. The Kier molecular flexibility index (Phi) is 5.70. The van der Waals surface area contributed by atoms with E-state index in [2.05, 4.69) is 18.7 Å². The molecule has 1 heterocycles. The van der Waals surface area contributed by atoms with E-state index >= 15 is 0 Å². The molecule has 0 spiro atoms. The van der Waals surface area contributed by atoms with Gasteiger partial charge in [0.15, 0.2) is 0 Å². The molecule has 0 aromatic carbocycles. The van der Waals surface area contributed by atoms with Crippen LogP contribution in [0.4, 0.5) is 0 Å². The first-order chi connectivity index (χ1) is 9.18. The first-order valence-corrected chi connectivity index (χ1v) is 8.61. The lowest BCUT2D eigenvalue weighted by Crippen LogP contribution is -2.58. The van der Waals surface area contributed by atoms with Crippen molar-refractivity contribution in [3.63, 3.8) is 0 Å². The fourth-order valence-corrected chi connectivity index (χ4v) is 4.16. The maximum absolute atomic E-state index is 11.0. The number of piperidine rings is 1. The smallest absolute Gasteiger partial charge is 0.0749 e. The average molecular weight is 267 g/mol. The molecule has 0 aromatic rings. The Morgan fingerprint density at radius 1 is 1.00 bits per heavy atom. The predicted molar refractivity (Wildman–Crippen MR) is 81.3 cm³/mol. The van der Waals surface area contributed by atoms with Gasteiger partial charge in [-0.2, -0.15) is 0 Å². The molecule has 2 heteroatoms. The lowest BCUT2D eigenvalue weighted by molar-refractivity contribution is -0.0647. The second-order valence-corrected chi connectivity index (χ2v) is 6.95. The molecule has 2 aliphatic rings. The molecule has 2 fully saturated rings. The normalized spacial score (nSPS) is 28.6. The highest BCUT2D eigenvalue weighted by Gasteiger charge is 2.41. The van der Waals surface area contributed by atoms with Crippen LogP contribution in [0.25, 0.3) is 0 Å². The van der Waals surface area contributed by atoms with Gasteiger partial charge in [0.05, 0.1) is 6.10 Å². The molecular weight excluding hydrogens is 234 g/mol. The van der Waals surface area contributed by atoms with E-state index in [-0.39, 0.29) is 11.6 Å². The molecule has 2 rings (SSSR count). The monoisotopic (exact) mass is 267 g/mol. The number of likely N-dealkylation sites (tertiary alicyclic amines) is 1. The van der Waals surface area contributed by atoms with Gasteiger partial charge in [0.2, 0.25) is 0 Å². The summed E-state index contributed by atoms with van der Waals surface area (Å²) in [6.45, 7) is 6.95. The minimum Gasteiger partial charge on any atom is -0.391 e. The van der Waals surface area contributed by atoms with Gasteiger partial charge in [0.25, 0.3) is 0 Å². The molecule has 1 aliphatic carbocycles. The molecule has 2 atom stereocenters. The van der Waals surface area contributed by atoms with Crippen LogP contribution in [0.2, 0.25) is 0 Å². The highest BCUT2D eigenvalue weighted by Crippen LogP contribution is 2.36.